The zero-order chi connectivity index (χ0) is 25.0. The number of hydrogen-bond acceptors (Lipinski definition) is 4. The number of ketones is 2. The molecule has 2 atom stereocenters. The predicted molar refractivity (Wildman–Crippen MR) is 154 cm³/mol. The molecule has 4 aromatic rings. The van der Waals surface area contributed by atoms with Gasteiger partial charge in [-0.15, -0.1) is 0 Å². The summed E-state index contributed by atoms with van der Waals surface area (Å²) in [5.74, 6) is 2.13. The molecule has 0 bridgehead atoms. The topological polar surface area (TPSA) is 34.1 Å². The minimum absolute atomic E-state index is 0.0978. The first-order chi connectivity index (χ1) is 17.7. The predicted octanol–water partition coefficient (Wildman–Crippen LogP) is 8.48. The zero-order valence-electron chi connectivity index (χ0n) is 20.2. The maximum atomic E-state index is 13.0. The van der Waals surface area contributed by atoms with Gasteiger partial charge in [0.05, 0.1) is 0 Å². The molecule has 4 rings (SSSR count). The van der Waals surface area contributed by atoms with Gasteiger partial charge in [0.2, 0.25) is 0 Å². The van der Waals surface area contributed by atoms with E-state index in [1.165, 1.54) is 11.1 Å². The Morgan fingerprint density at radius 1 is 0.472 bits per heavy atom. The molecule has 0 aliphatic rings. The van der Waals surface area contributed by atoms with E-state index in [2.05, 4.69) is 24.3 Å². The second kappa shape index (κ2) is 13.9. The van der Waals surface area contributed by atoms with Crippen LogP contribution in [-0.4, -0.2) is 23.1 Å². The highest BCUT2D eigenvalue weighted by Crippen LogP contribution is 2.37. The zero-order valence-corrected chi connectivity index (χ0v) is 21.8. The molecular weight excluding hydrogens is 480 g/mol. The second-order valence-electron chi connectivity index (χ2n) is 8.53. The highest BCUT2D eigenvalue weighted by Gasteiger charge is 2.20. The summed E-state index contributed by atoms with van der Waals surface area (Å²) in [4.78, 5) is 25.9. The molecule has 0 spiro atoms. The Kier molecular flexibility index (Phi) is 10.0. The van der Waals surface area contributed by atoms with Crippen molar-refractivity contribution >= 4 is 35.1 Å². The van der Waals surface area contributed by atoms with E-state index < -0.39 is 0 Å². The minimum atomic E-state index is 0.0978. The molecule has 2 unspecified atom stereocenters. The number of thioether (sulfide) groups is 2. The van der Waals surface area contributed by atoms with E-state index in [4.69, 9.17) is 0 Å². The Labute approximate surface area is 222 Å². The molecule has 182 valence electrons. The average molecular weight is 511 g/mol. The lowest BCUT2D eigenvalue weighted by molar-refractivity contribution is 0.0974. The fourth-order valence-electron chi connectivity index (χ4n) is 4.08. The summed E-state index contributed by atoms with van der Waals surface area (Å²) in [5, 5.41) is 0.196. The minimum Gasteiger partial charge on any atom is -0.294 e. The summed E-state index contributed by atoms with van der Waals surface area (Å²) in [6.07, 6.45) is 0.940. The van der Waals surface area contributed by atoms with Crippen molar-refractivity contribution in [3.05, 3.63) is 144 Å². The van der Waals surface area contributed by atoms with E-state index in [9.17, 15) is 9.59 Å². The molecule has 36 heavy (non-hydrogen) atoms. The van der Waals surface area contributed by atoms with E-state index in [-0.39, 0.29) is 22.1 Å². The molecular formula is C32H30O2S2. The molecule has 0 heterocycles. The van der Waals surface area contributed by atoms with Gasteiger partial charge in [0.1, 0.15) is 0 Å². The molecule has 0 fully saturated rings. The van der Waals surface area contributed by atoms with Gasteiger partial charge >= 0.3 is 0 Å². The summed E-state index contributed by atoms with van der Waals surface area (Å²) in [5.41, 5.74) is 3.88. The van der Waals surface area contributed by atoms with E-state index in [0.717, 1.165) is 22.6 Å². The molecule has 4 heteroatoms. The molecule has 0 aliphatic heterocycles. The Morgan fingerprint density at radius 3 is 1.11 bits per heavy atom. The lowest BCUT2D eigenvalue weighted by Gasteiger charge is -2.19. The van der Waals surface area contributed by atoms with Crippen LogP contribution in [0, 0.1) is 0 Å². The first-order valence-electron chi connectivity index (χ1n) is 12.2. The van der Waals surface area contributed by atoms with Crippen LogP contribution in [0.1, 0.15) is 55.2 Å². The SMILES string of the molecule is O=C(CC(SCCSC(CC(=O)c1ccccc1)c1ccccc1)c1ccccc1)c1ccccc1. The Balaban J connectivity index is 1.39. The van der Waals surface area contributed by atoms with Gasteiger partial charge in [0, 0.05) is 46.0 Å². The molecule has 0 aliphatic carbocycles. The molecule has 4 aromatic carbocycles. The summed E-state index contributed by atoms with van der Waals surface area (Å²) < 4.78 is 0. The standard InChI is InChI=1S/C32H30O2S2/c33-29(25-13-5-1-6-14-25)23-31(27-17-9-3-10-18-27)35-21-22-36-32(28-19-11-4-12-20-28)24-30(34)26-15-7-2-8-16-26/h1-20,31-32H,21-24H2. The molecule has 0 N–H and O–H groups in total. The number of hydrogen-bond donors (Lipinski definition) is 0. The lowest BCUT2D eigenvalue weighted by Crippen LogP contribution is -2.08. The molecule has 2 nitrogen and oxygen atoms in total. The van der Waals surface area contributed by atoms with Crippen molar-refractivity contribution in [2.45, 2.75) is 23.3 Å². The van der Waals surface area contributed by atoms with Gasteiger partial charge in [0.15, 0.2) is 11.6 Å². The van der Waals surface area contributed by atoms with E-state index in [1.807, 2.05) is 121 Å². The van der Waals surface area contributed by atoms with Crippen molar-refractivity contribution in [3.63, 3.8) is 0 Å². The van der Waals surface area contributed by atoms with Crippen LogP contribution in [0.15, 0.2) is 121 Å². The highest BCUT2D eigenvalue weighted by atomic mass is 32.2. The third-order valence-electron chi connectivity index (χ3n) is 6.00. The van der Waals surface area contributed by atoms with Gasteiger partial charge in [-0.05, 0) is 11.1 Å². The highest BCUT2D eigenvalue weighted by molar-refractivity contribution is 8.03. The van der Waals surface area contributed by atoms with Gasteiger partial charge in [-0.3, -0.25) is 9.59 Å². The third-order valence-corrected chi connectivity index (χ3v) is 8.82. The Hall–Kier alpha value is -3.08. The van der Waals surface area contributed by atoms with Crippen LogP contribution >= 0.6 is 23.5 Å². The quantitative estimate of drug-likeness (QED) is 0.133. The van der Waals surface area contributed by atoms with Crippen molar-refractivity contribution in [1.82, 2.24) is 0 Å². The number of Topliss-reactive ketones (excluding diaryl/α,β-unsaturated/α-hetero) is 2. The average Bonchev–Trinajstić information content (AvgIpc) is 2.95. The second-order valence-corrected chi connectivity index (χ2v) is 11.1. The molecule has 0 saturated carbocycles. The lowest BCUT2D eigenvalue weighted by atomic mass is 10.0. The van der Waals surface area contributed by atoms with E-state index in [1.54, 1.807) is 0 Å². The Morgan fingerprint density at radius 2 is 0.778 bits per heavy atom. The van der Waals surface area contributed by atoms with Crippen molar-refractivity contribution in [3.8, 4) is 0 Å². The van der Waals surface area contributed by atoms with Crippen LogP contribution in [0.5, 0.6) is 0 Å². The molecule has 0 radical (unpaired) electrons. The normalized spacial score (nSPS) is 12.6. The Bertz CT molecular complexity index is 1110. The maximum absolute atomic E-state index is 13.0. The van der Waals surface area contributed by atoms with Crippen LogP contribution < -0.4 is 0 Å². The number of carbonyl (C=O) groups excluding carboxylic acids is 2. The van der Waals surface area contributed by atoms with Crippen molar-refractivity contribution in [1.29, 1.82) is 0 Å². The van der Waals surface area contributed by atoms with E-state index >= 15 is 0 Å². The maximum Gasteiger partial charge on any atom is 0.164 e. The molecule has 0 saturated heterocycles. The number of benzene rings is 4. The summed E-state index contributed by atoms with van der Waals surface area (Å²) in [6.45, 7) is 0. The van der Waals surface area contributed by atoms with Crippen molar-refractivity contribution < 1.29 is 9.59 Å². The van der Waals surface area contributed by atoms with Crippen molar-refractivity contribution in [2.75, 3.05) is 11.5 Å². The van der Waals surface area contributed by atoms with Crippen LogP contribution in [0.3, 0.4) is 0 Å². The summed E-state index contributed by atoms with van der Waals surface area (Å²) >= 11 is 3.65. The van der Waals surface area contributed by atoms with Gasteiger partial charge in [-0.2, -0.15) is 23.5 Å². The van der Waals surface area contributed by atoms with Gasteiger partial charge in [-0.1, -0.05) is 121 Å². The third kappa shape index (κ3) is 7.71. The number of carbonyl (C=O) groups is 2. The van der Waals surface area contributed by atoms with Gasteiger partial charge in [-0.25, -0.2) is 0 Å². The van der Waals surface area contributed by atoms with Crippen LogP contribution in [0.25, 0.3) is 0 Å². The van der Waals surface area contributed by atoms with Gasteiger partial charge in [0.25, 0.3) is 0 Å². The summed E-state index contributed by atoms with van der Waals surface area (Å²) in [6, 6.07) is 39.6. The first kappa shape index (κ1) is 26.0. The first-order valence-corrected chi connectivity index (χ1v) is 14.3. The number of rotatable bonds is 13. The van der Waals surface area contributed by atoms with Crippen molar-refractivity contribution in [2.24, 2.45) is 0 Å². The largest absolute Gasteiger partial charge is 0.294 e. The smallest absolute Gasteiger partial charge is 0.164 e. The van der Waals surface area contributed by atoms with E-state index in [0.29, 0.717) is 12.8 Å². The van der Waals surface area contributed by atoms with Crippen LogP contribution in [-0.2, 0) is 0 Å². The molecule has 0 aromatic heterocycles. The van der Waals surface area contributed by atoms with Crippen LogP contribution in [0.4, 0.5) is 0 Å². The van der Waals surface area contributed by atoms with Gasteiger partial charge < -0.3 is 0 Å². The summed E-state index contributed by atoms with van der Waals surface area (Å²) in [7, 11) is 0. The van der Waals surface area contributed by atoms with Crippen LogP contribution in [0.2, 0.25) is 0 Å². The fourth-order valence-corrected chi connectivity index (χ4v) is 6.66. The monoisotopic (exact) mass is 510 g/mol. The fraction of sp³-hybridized carbons (Fsp3) is 0.188. The molecule has 0 amide bonds.